The van der Waals surface area contributed by atoms with Gasteiger partial charge in [-0.15, -0.1) is 0 Å². The van der Waals surface area contributed by atoms with Crippen molar-refractivity contribution >= 4 is 61.0 Å². The van der Waals surface area contributed by atoms with Crippen LogP contribution in [0.25, 0.3) is 0 Å². The minimum atomic E-state index is -1.83. The van der Waals surface area contributed by atoms with Crippen LogP contribution in [0, 0.1) is 0 Å². The molecule has 0 rings (SSSR count). The molecule has 0 unspecified atom stereocenters. The van der Waals surface area contributed by atoms with Gasteiger partial charge < -0.3 is 13.1 Å². The zero-order chi connectivity index (χ0) is 3.58. The normalized spacial score (nSPS) is 4.00. The fourth-order valence-electron chi connectivity index (χ4n) is 0. The van der Waals surface area contributed by atoms with Crippen LogP contribution in [0.15, 0.2) is 0 Å². The molecule has 3 nitrogen and oxygen atoms in total. The second-order valence-electron chi connectivity index (χ2n) is 0.283. The minimum absolute atomic E-state index is 0. The van der Waals surface area contributed by atoms with Crippen molar-refractivity contribution in [3.63, 3.8) is 0 Å². The molecular formula is CH6CaO3Se. The van der Waals surface area contributed by atoms with Gasteiger partial charge in [0.1, 0.15) is 0 Å². The summed E-state index contributed by atoms with van der Waals surface area (Å²) in [5.41, 5.74) is 0. The summed E-state index contributed by atoms with van der Waals surface area (Å²) in [5, 5.41) is 13.9. The first-order chi connectivity index (χ1) is 1.73. The fourth-order valence-corrected chi connectivity index (χ4v) is 0. The molecule has 0 saturated heterocycles. The average Bonchev–Trinajstić information content (AvgIpc) is 0.811. The molecule has 5 heteroatoms. The van der Waals surface area contributed by atoms with Gasteiger partial charge in [0, 0.05) is 0 Å². The molecule has 36 valence electrons. The van der Waals surface area contributed by atoms with E-state index in [4.69, 9.17) is 15.0 Å². The Kier molecular flexibility index (Phi) is 24.7. The summed E-state index contributed by atoms with van der Waals surface area (Å²) >= 11 is 0. The van der Waals surface area contributed by atoms with Gasteiger partial charge in [0.2, 0.25) is 0 Å². The van der Waals surface area contributed by atoms with Crippen LogP contribution in [0.3, 0.4) is 0 Å². The second kappa shape index (κ2) is 9.41. The molecule has 0 aromatic heterocycles. The Balaban J connectivity index is -0.00000000750. The fraction of sp³-hybridized carbons (Fsp3) is 0. The first-order valence-corrected chi connectivity index (χ1v) is 0.651. The molecule has 0 aromatic carbocycles. The topological polar surface area (TPSA) is 57.5 Å². The summed E-state index contributed by atoms with van der Waals surface area (Å²) in [7, 11) is 0. The molecule has 0 aliphatic rings. The van der Waals surface area contributed by atoms with Gasteiger partial charge in [0.25, 0.3) is 0 Å². The van der Waals surface area contributed by atoms with Crippen molar-refractivity contribution in [2.24, 2.45) is 0 Å². The molecule has 0 heterocycles. The van der Waals surface area contributed by atoms with Crippen molar-refractivity contribution in [1.82, 2.24) is 0 Å². The summed E-state index contributed by atoms with van der Waals surface area (Å²) in [6, 6.07) is 0. The Morgan fingerprint density at radius 3 is 1.50 bits per heavy atom. The Morgan fingerprint density at radius 1 is 1.50 bits per heavy atom. The van der Waals surface area contributed by atoms with Crippen LogP contribution in [-0.4, -0.2) is 71.2 Å². The first-order valence-electron chi connectivity index (χ1n) is 0.651. The molecule has 0 saturated carbocycles. The predicted octanol–water partition coefficient (Wildman–Crippen LogP) is -0.850. The molecule has 0 spiro atoms. The average molecular weight is 185 g/mol. The molecule has 0 bridgehead atoms. The SMILES string of the molecule is O=C(O)O.[Ca+2].[H-].[H-].[SeH2]. The first kappa shape index (κ1) is 15.7. The van der Waals surface area contributed by atoms with Gasteiger partial charge in [0.05, 0.1) is 0 Å². The maximum atomic E-state index is 8.56. The van der Waals surface area contributed by atoms with Crippen molar-refractivity contribution < 1.29 is 17.9 Å². The molecule has 0 aliphatic heterocycles. The zero-order valence-electron chi connectivity index (χ0n) is 5.01. The van der Waals surface area contributed by atoms with Crippen molar-refractivity contribution in [3.8, 4) is 0 Å². The summed E-state index contributed by atoms with van der Waals surface area (Å²) in [5.74, 6) is 0. The summed E-state index contributed by atoms with van der Waals surface area (Å²) in [6.07, 6.45) is -1.83. The number of carbonyl (C=O) groups is 1. The zero-order valence-corrected chi connectivity index (χ0v) is 7.32. The van der Waals surface area contributed by atoms with Gasteiger partial charge in [-0.25, -0.2) is 4.79 Å². The van der Waals surface area contributed by atoms with Crippen molar-refractivity contribution in [3.05, 3.63) is 0 Å². The summed E-state index contributed by atoms with van der Waals surface area (Å²) < 4.78 is 0. The molecule has 0 radical (unpaired) electrons. The third-order valence-electron chi connectivity index (χ3n) is 0. The van der Waals surface area contributed by atoms with E-state index in [1.807, 2.05) is 0 Å². The van der Waals surface area contributed by atoms with Gasteiger partial charge in [-0.1, -0.05) is 0 Å². The van der Waals surface area contributed by atoms with E-state index in [-0.39, 0.29) is 57.7 Å². The standard InChI is InChI=1S/CH2O3.Ca.H2Se.2H/c2-1(3)4;;;;/h(H2,2,3,4);;1H2;;/q;+2;;2*-1. The number of carboxylic acid groups (broad SMARTS) is 2. The predicted molar refractivity (Wildman–Crippen MR) is 27.2 cm³/mol. The van der Waals surface area contributed by atoms with Crippen LogP contribution < -0.4 is 0 Å². The van der Waals surface area contributed by atoms with Crippen molar-refractivity contribution in [1.29, 1.82) is 0 Å². The molecule has 0 fully saturated rings. The van der Waals surface area contributed by atoms with E-state index in [0.29, 0.717) is 0 Å². The quantitative estimate of drug-likeness (QED) is 0.483. The molecule has 0 aliphatic carbocycles. The Morgan fingerprint density at radius 2 is 1.50 bits per heavy atom. The van der Waals surface area contributed by atoms with Crippen molar-refractivity contribution in [2.75, 3.05) is 0 Å². The van der Waals surface area contributed by atoms with Gasteiger partial charge in [-0.3, -0.25) is 0 Å². The summed E-state index contributed by atoms with van der Waals surface area (Å²) in [4.78, 5) is 8.56. The second-order valence-corrected chi connectivity index (χ2v) is 0.283. The molecule has 6 heavy (non-hydrogen) atoms. The summed E-state index contributed by atoms with van der Waals surface area (Å²) in [6.45, 7) is 0. The van der Waals surface area contributed by atoms with E-state index >= 15 is 0 Å². The molecule has 0 atom stereocenters. The molecule has 0 aromatic rings. The van der Waals surface area contributed by atoms with E-state index in [0.717, 1.165) is 0 Å². The van der Waals surface area contributed by atoms with Crippen LogP contribution in [0.4, 0.5) is 4.79 Å². The Hall–Kier alpha value is 1.05. The van der Waals surface area contributed by atoms with Crippen LogP contribution in [0.2, 0.25) is 0 Å². The third-order valence-corrected chi connectivity index (χ3v) is 0. The Labute approximate surface area is 78.2 Å². The van der Waals surface area contributed by atoms with Gasteiger partial charge in [0.15, 0.2) is 0 Å². The Bertz CT molecular complexity index is 40.3. The van der Waals surface area contributed by atoms with E-state index in [9.17, 15) is 0 Å². The molecule has 2 N–H and O–H groups in total. The van der Waals surface area contributed by atoms with Gasteiger partial charge in [-0.2, -0.15) is 0 Å². The number of hydrogen-bond donors (Lipinski definition) is 2. The van der Waals surface area contributed by atoms with E-state index in [1.54, 1.807) is 0 Å². The molecule has 0 amide bonds. The van der Waals surface area contributed by atoms with Crippen LogP contribution in [0.1, 0.15) is 2.85 Å². The monoisotopic (exact) mass is 186 g/mol. The van der Waals surface area contributed by atoms with Gasteiger partial charge in [-0.05, 0) is 0 Å². The van der Waals surface area contributed by atoms with Crippen LogP contribution in [-0.2, 0) is 0 Å². The number of hydrogen-bond acceptors (Lipinski definition) is 1. The van der Waals surface area contributed by atoms with Crippen LogP contribution in [0.5, 0.6) is 0 Å². The van der Waals surface area contributed by atoms with Crippen molar-refractivity contribution in [2.45, 2.75) is 0 Å². The maximum absolute atomic E-state index is 8.56. The van der Waals surface area contributed by atoms with E-state index in [2.05, 4.69) is 0 Å². The van der Waals surface area contributed by atoms with Crippen LogP contribution >= 0.6 is 0 Å². The van der Waals surface area contributed by atoms with Gasteiger partial charge >= 0.3 is 61.0 Å². The van der Waals surface area contributed by atoms with E-state index < -0.39 is 6.16 Å². The molecular weight excluding hydrogens is 179 g/mol. The number of rotatable bonds is 0. The van der Waals surface area contributed by atoms with E-state index in [1.165, 1.54) is 0 Å². The third kappa shape index (κ3) is 75.2.